The maximum Gasteiger partial charge on any atom is 0.242 e. The molecular weight excluding hydrogens is 325 g/mol. The normalized spacial score (nSPS) is 22.2. The van der Waals surface area contributed by atoms with Crippen LogP contribution < -0.4 is 10.6 Å². The SMILES string of the molecule is CC(=O)NC[C@H]1CN([C@@H](C(=O)NC2CC2)c2ccc(F)cc2)CCO1. The Kier molecular flexibility index (Phi) is 5.65. The Balaban J connectivity index is 1.74. The van der Waals surface area contributed by atoms with Gasteiger partial charge in [0.05, 0.1) is 12.7 Å². The van der Waals surface area contributed by atoms with E-state index in [-0.39, 0.29) is 29.8 Å². The number of rotatable bonds is 6. The van der Waals surface area contributed by atoms with E-state index in [1.54, 1.807) is 12.1 Å². The van der Waals surface area contributed by atoms with Gasteiger partial charge in [0.15, 0.2) is 0 Å². The highest BCUT2D eigenvalue weighted by Gasteiger charge is 2.34. The molecule has 6 nitrogen and oxygen atoms in total. The summed E-state index contributed by atoms with van der Waals surface area (Å²) in [6.07, 6.45) is 1.85. The Morgan fingerprint density at radius 3 is 2.68 bits per heavy atom. The Morgan fingerprint density at radius 1 is 1.32 bits per heavy atom. The van der Waals surface area contributed by atoms with Gasteiger partial charge >= 0.3 is 0 Å². The first-order valence-corrected chi connectivity index (χ1v) is 8.69. The lowest BCUT2D eigenvalue weighted by Gasteiger charge is -2.37. The third-order valence-electron chi connectivity index (χ3n) is 4.47. The van der Waals surface area contributed by atoms with Crippen LogP contribution >= 0.6 is 0 Å². The van der Waals surface area contributed by atoms with Gasteiger partial charge in [-0.05, 0) is 30.5 Å². The smallest absolute Gasteiger partial charge is 0.242 e. The van der Waals surface area contributed by atoms with Gasteiger partial charge in [0.2, 0.25) is 11.8 Å². The standard InChI is InChI=1S/C18H24FN3O3/c1-12(23)20-10-16-11-22(8-9-25-16)17(18(24)21-15-6-7-15)13-2-4-14(19)5-3-13/h2-5,15-17H,6-11H2,1H3,(H,20,23)(H,21,24)/t16-,17+/m0/s1. The fourth-order valence-electron chi connectivity index (χ4n) is 3.04. The molecule has 136 valence electrons. The Labute approximate surface area is 146 Å². The Hall–Kier alpha value is -1.99. The summed E-state index contributed by atoms with van der Waals surface area (Å²) in [5, 5.41) is 5.80. The first kappa shape index (κ1) is 17.8. The molecule has 1 aromatic carbocycles. The first-order valence-electron chi connectivity index (χ1n) is 8.69. The van der Waals surface area contributed by atoms with Crippen LogP contribution in [0.3, 0.4) is 0 Å². The number of benzene rings is 1. The van der Waals surface area contributed by atoms with E-state index in [0.717, 1.165) is 18.4 Å². The van der Waals surface area contributed by atoms with E-state index >= 15 is 0 Å². The number of amides is 2. The number of ether oxygens (including phenoxy) is 1. The summed E-state index contributed by atoms with van der Waals surface area (Å²) < 4.78 is 19.0. The van der Waals surface area contributed by atoms with Crippen molar-refractivity contribution in [1.29, 1.82) is 0 Å². The number of nitrogens with one attached hydrogen (secondary N) is 2. The van der Waals surface area contributed by atoms with Gasteiger partial charge in [-0.25, -0.2) is 4.39 Å². The predicted molar refractivity (Wildman–Crippen MR) is 90.3 cm³/mol. The second kappa shape index (κ2) is 7.93. The zero-order valence-electron chi connectivity index (χ0n) is 14.3. The molecule has 0 radical (unpaired) electrons. The van der Waals surface area contributed by atoms with E-state index in [2.05, 4.69) is 10.6 Å². The number of carbonyl (C=O) groups is 2. The average molecular weight is 349 g/mol. The summed E-state index contributed by atoms with van der Waals surface area (Å²) in [6, 6.07) is 5.84. The van der Waals surface area contributed by atoms with Gasteiger partial charge in [-0.15, -0.1) is 0 Å². The molecule has 7 heteroatoms. The van der Waals surface area contributed by atoms with E-state index < -0.39 is 6.04 Å². The molecule has 1 heterocycles. The number of morpholine rings is 1. The van der Waals surface area contributed by atoms with Crippen LogP contribution in [0.15, 0.2) is 24.3 Å². The highest BCUT2D eigenvalue weighted by molar-refractivity contribution is 5.83. The third-order valence-corrected chi connectivity index (χ3v) is 4.47. The summed E-state index contributed by atoms with van der Waals surface area (Å²) in [6.45, 7) is 3.49. The molecule has 3 rings (SSSR count). The highest BCUT2D eigenvalue weighted by Crippen LogP contribution is 2.26. The minimum atomic E-state index is -0.482. The number of carbonyl (C=O) groups excluding carboxylic acids is 2. The lowest BCUT2D eigenvalue weighted by molar-refractivity contribution is -0.131. The fraction of sp³-hybridized carbons (Fsp3) is 0.556. The molecule has 1 saturated heterocycles. The van der Waals surface area contributed by atoms with Crippen molar-refractivity contribution in [3.8, 4) is 0 Å². The Bertz CT molecular complexity index is 618. The van der Waals surface area contributed by atoms with Crippen LogP contribution in [0.5, 0.6) is 0 Å². The van der Waals surface area contributed by atoms with Crippen molar-refractivity contribution in [2.45, 2.75) is 38.0 Å². The molecule has 1 aromatic rings. The van der Waals surface area contributed by atoms with E-state index in [1.807, 2.05) is 4.90 Å². The largest absolute Gasteiger partial charge is 0.374 e. The van der Waals surface area contributed by atoms with E-state index in [0.29, 0.717) is 26.2 Å². The molecule has 2 fully saturated rings. The fourth-order valence-corrected chi connectivity index (χ4v) is 3.04. The van der Waals surface area contributed by atoms with Gasteiger partial charge in [0.1, 0.15) is 11.9 Å². The summed E-state index contributed by atoms with van der Waals surface area (Å²) in [7, 11) is 0. The quantitative estimate of drug-likeness (QED) is 0.803. The van der Waals surface area contributed by atoms with Crippen molar-refractivity contribution >= 4 is 11.8 Å². The maximum absolute atomic E-state index is 13.3. The molecule has 1 aliphatic carbocycles. The zero-order valence-corrected chi connectivity index (χ0v) is 14.3. The van der Waals surface area contributed by atoms with E-state index in [1.165, 1.54) is 19.1 Å². The van der Waals surface area contributed by atoms with Gasteiger partial charge < -0.3 is 15.4 Å². The van der Waals surface area contributed by atoms with Crippen molar-refractivity contribution in [2.24, 2.45) is 0 Å². The van der Waals surface area contributed by atoms with Crippen LogP contribution in [0.2, 0.25) is 0 Å². The molecule has 2 N–H and O–H groups in total. The lowest BCUT2D eigenvalue weighted by Crippen LogP contribution is -2.51. The lowest BCUT2D eigenvalue weighted by atomic mass is 10.0. The van der Waals surface area contributed by atoms with Crippen LogP contribution in [0, 0.1) is 5.82 Å². The molecule has 25 heavy (non-hydrogen) atoms. The number of hydrogen-bond donors (Lipinski definition) is 2. The molecule has 0 spiro atoms. The highest BCUT2D eigenvalue weighted by atomic mass is 19.1. The minimum absolute atomic E-state index is 0.0608. The molecular formula is C18H24FN3O3. The molecule has 0 bridgehead atoms. The van der Waals surface area contributed by atoms with E-state index in [9.17, 15) is 14.0 Å². The summed E-state index contributed by atoms with van der Waals surface area (Å²) in [4.78, 5) is 25.9. The zero-order chi connectivity index (χ0) is 17.8. The molecule has 2 aliphatic rings. The van der Waals surface area contributed by atoms with E-state index in [4.69, 9.17) is 4.74 Å². The third kappa shape index (κ3) is 4.99. The van der Waals surface area contributed by atoms with Crippen molar-refractivity contribution in [3.05, 3.63) is 35.6 Å². The number of halogens is 1. The van der Waals surface area contributed by atoms with Gasteiger partial charge in [-0.2, -0.15) is 0 Å². The topological polar surface area (TPSA) is 70.7 Å². The average Bonchev–Trinajstić information content (AvgIpc) is 3.39. The van der Waals surface area contributed by atoms with Crippen LogP contribution in [-0.2, 0) is 14.3 Å². The van der Waals surface area contributed by atoms with Crippen molar-refractivity contribution in [3.63, 3.8) is 0 Å². The van der Waals surface area contributed by atoms with Crippen molar-refractivity contribution in [1.82, 2.24) is 15.5 Å². The second-order valence-corrected chi connectivity index (χ2v) is 6.66. The summed E-state index contributed by atoms with van der Waals surface area (Å²) >= 11 is 0. The van der Waals surface area contributed by atoms with Crippen LogP contribution in [0.4, 0.5) is 4.39 Å². The molecule has 0 unspecified atom stereocenters. The summed E-state index contributed by atoms with van der Waals surface area (Å²) in [5.41, 5.74) is 0.764. The monoisotopic (exact) mass is 349 g/mol. The van der Waals surface area contributed by atoms with Crippen LogP contribution in [-0.4, -0.2) is 55.1 Å². The molecule has 1 saturated carbocycles. The second-order valence-electron chi connectivity index (χ2n) is 6.66. The van der Waals surface area contributed by atoms with Crippen LogP contribution in [0.25, 0.3) is 0 Å². The molecule has 0 aromatic heterocycles. The van der Waals surface area contributed by atoms with Gasteiger partial charge in [0, 0.05) is 32.6 Å². The van der Waals surface area contributed by atoms with Crippen molar-refractivity contribution in [2.75, 3.05) is 26.2 Å². The van der Waals surface area contributed by atoms with Gasteiger partial charge in [-0.1, -0.05) is 12.1 Å². The summed E-state index contributed by atoms with van der Waals surface area (Å²) in [5.74, 6) is -0.493. The maximum atomic E-state index is 13.3. The number of hydrogen-bond acceptors (Lipinski definition) is 4. The molecule has 1 aliphatic heterocycles. The number of nitrogens with zero attached hydrogens (tertiary/aromatic N) is 1. The minimum Gasteiger partial charge on any atom is -0.374 e. The van der Waals surface area contributed by atoms with Gasteiger partial charge in [-0.3, -0.25) is 14.5 Å². The predicted octanol–water partition coefficient (Wildman–Crippen LogP) is 0.982. The van der Waals surface area contributed by atoms with Gasteiger partial charge in [0.25, 0.3) is 0 Å². The first-order chi connectivity index (χ1) is 12.0. The van der Waals surface area contributed by atoms with Crippen LogP contribution in [0.1, 0.15) is 31.4 Å². The van der Waals surface area contributed by atoms with Crippen molar-refractivity contribution < 1.29 is 18.7 Å². The Morgan fingerprint density at radius 2 is 2.04 bits per heavy atom. The molecule has 2 amide bonds. The molecule has 2 atom stereocenters.